The highest BCUT2D eigenvalue weighted by Gasteiger charge is 2.18. The lowest BCUT2D eigenvalue weighted by atomic mass is 10.2. The van der Waals surface area contributed by atoms with E-state index in [4.69, 9.17) is 4.74 Å². The first-order chi connectivity index (χ1) is 10.4. The molecule has 1 aromatic carbocycles. The molecule has 2 aromatic rings. The Hall–Kier alpha value is -2.52. The smallest absolute Gasteiger partial charge is 0.288 e. The van der Waals surface area contributed by atoms with Gasteiger partial charge in [0, 0.05) is 24.4 Å². The number of methoxy groups -OCH3 is 1. The summed E-state index contributed by atoms with van der Waals surface area (Å²) < 4.78 is 31.8. The third-order valence-corrected chi connectivity index (χ3v) is 4.23. The molecule has 0 unspecified atom stereocenters. The first-order valence-corrected chi connectivity index (χ1v) is 7.63. The zero-order chi connectivity index (χ0) is 16.2. The maximum Gasteiger partial charge on any atom is 0.288 e. The number of aromatic nitrogens is 1. The second kappa shape index (κ2) is 6.50. The molecule has 1 N–H and O–H groups in total. The van der Waals surface area contributed by atoms with Gasteiger partial charge in [-0.2, -0.15) is 0 Å². The van der Waals surface area contributed by atoms with Gasteiger partial charge < -0.3 is 4.74 Å². The van der Waals surface area contributed by atoms with E-state index in [2.05, 4.69) is 9.71 Å². The average Bonchev–Trinajstić information content (AvgIpc) is 2.53. The van der Waals surface area contributed by atoms with Crippen LogP contribution in [0.1, 0.15) is 5.56 Å². The van der Waals surface area contributed by atoms with Crippen LogP contribution in [0.4, 0.5) is 5.69 Å². The summed E-state index contributed by atoms with van der Waals surface area (Å²) >= 11 is 0. The van der Waals surface area contributed by atoms with E-state index < -0.39 is 14.9 Å². The minimum absolute atomic E-state index is 0.00492. The third-order valence-electron chi connectivity index (χ3n) is 2.87. The molecule has 0 spiro atoms. The number of nitro groups is 1. The highest BCUT2D eigenvalue weighted by atomic mass is 32.2. The molecule has 0 bridgehead atoms. The number of para-hydroxylation sites is 1. The van der Waals surface area contributed by atoms with E-state index in [0.29, 0.717) is 11.3 Å². The highest BCUT2D eigenvalue weighted by molar-refractivity contribution is 7.89. The van der Waals surface area contributed by atoms with Gasteiger partial charge in [0.05, 0.1) is 12.0 Å². The molecule has 1 aromatic heterocycles. The number of rotatable bonds is 6. The van der Waals surface area contributed by atoms with Gasteiger partial charge in [-0.3, -0.25) is 15.1 Å². The first kappa shape index (κ1) is 15.9. The molecular weight excluding hydrogens is 310 g/mol. The molecule has 0 aliphatic heterocycles. The summed E-state index contributed by atoms with van der Waals surface area (Å²) in [5.41, 5.74) is 0.257. The van der Waals surface area contributed by atoms with Crippen molar-refractivity contribution >= 4 is 15.7 Å². The second-order valence-corrected chi connectivity index (χ2v) is 6.04. The summed E-state index contributed by atoms with van der Waals surface area (Å²) in [6.07, 6.45) is 2.04. The zero-order valence-electron chi connectivity index (χ0n) is 11.6. The van der Waals surface area contributed by atoms with Gasteiger partial charge in [0.1, 0.15) is 16.8 Å². The number of sulfonamides is 1. The monoisotopic (exact) mass is 323 g/mol. The van der Waals surface area contributed by atoms with Crippen molar-refractivity contribution in [3.63, 3.8) is 0 Å². The van der Waals surface area contributed by atoms with Crippen molar-refractivity contribution in [3.05, 3.63) is 58.4 Å². The van der Waals surface area contributed by atoms with Gasteiger partial charge in [-0.05, 0) is 6.07 Å². The average molecular weight is 323 g/mol. The standard InChI is InChI=1S/C13H13N3O5S/c1-21-13-5-3-2-4-10(13)7-15-22(19,20)12-6-11(16(17)18)8-14-9-12/h2-6,8-9,15H,7H2,1H3. The van der Waals surface area contributed by atoms with Crippen LogP contribution in [0.5, 0.6) is 5.75 Å². The van der Waals surface area contributed by atoms with Crippen LogP contribution in [0.25, 0.3) is 0 Å². The van der Waals surface area contributed by atoms with Crippen LogP contribution >= 0.6 is 0 Å². The van der Waals surface area contributed by atoms with Crippen LogP contribution in [0, 0.1) is 10.1 Å². The molecule has 0 atom stereocenters. The Morgan fingerprint density at radius 1 is 1.32 bits per heavy atom. The van der Waals surface area contributed by atoms with Gasteiger partial charge in [-0.25, -0.2) is 13.1 Å². The quantitative estimate of drug-likeness (QED) is 0.636. The third kappa shape index (κ3) is 3.57. The molecule has 0 saturated heterocycles. The summed E-state index contributed by atoms with van der Waals surface area (Å²) in [4.78, 5) is 13.3. The van der Waals surface area contributed by atoms with E-state index in [1.54, 1.807) is 24.3 Å². The van der Waals surface area contributed by atoms with Gasteiger partial charge in [-0.15, -0.1) is 0 Å². The fraction of sp³-hybridized carbons (Fsp3) is 0.154. The first-order valence-electron chi connectivity index (χ1n) is 6.15. The summed E-state index contributed by atoms with van der Waals surface area (Å²) in [5.74, 6) is 0.544. The Morgan fingerprint density at radius 2 is 2.05 bits per heavy atom. The number of benzene rings is 1. The minimum Gasteiger partial charge on any atom is -0.496 e. The van der Waals surface area contributed by atoms with Crippen LogP contribution in [0.15, 0.2) is 47.6 Å². The van der Waals surface area contributed by atoms with E-state index in [1.165, 1.54) is 7.11 Å². The molecule has 8 nitrogen and oxygen atoms in total. The van der Waals surface area contributed by atoms with Gasteiger partial charge in [-0.1, -0.05) is 18.2 Å². The topological polar surface area (TPSA) is 111 Å². The highest BCUT2D eigenvalue weighted by Crippen LogP contribution is 2.19. The molecule has 0 amide bonds. The lowest BCUT2D eigenvalue weighted by Crippen LogP contribution is -2.23. The molecular formula is C13H13N3O5S. The van der Waals surface area contributed by atoms with Crippen molar-refractivity contribution in [2.24, 2.45) is 0 Å². The van der Waals surface area contributed by atoms with Crippen LogP contribution < -0.4 is 9.46 Å². The lowest BCUT2D eigenvalue weighted by Gasteiger charge is -2.09. The van der Waals surface area contributed by atoms with E-state index in [0.717, 1.165) is 18.5 Å². The van der Waals surface area contributed by atoms with Crippen LogP contribution in [-0.4, -0.2) is 25.4 Å². The molecule has 22 heavy (non-hydrogen) atoms. The van der Waals surface area contributed by atoms with E-state index in [9.17, 15) is 18.5 Å². The minimum atomic E-state index is -3.91. The Bertz CT molecular complexity index is 792. The van der Waals surface area contributed by atoms with E-state index >= 15 is 0 Å². The maximum atomic E-state index is 12.2. The van der Waals surface area contributed by atoms with E-state index in [1.807, 2.05) is 0 Å². The molecule has 116 valence electrons. The molecule has 0 fully saturated rings. The van der Waals surface area contributed by atoms with Crippen molar-refractivity contribution in [3.8, 4) is 5.75 Å². The Morgan fingerprint density at radius 3 is 2.73 bits per heavy atom. The normalized spacial score (nSPS) is 11.1. The number of nitrogens with zero attached hydrogens (tertiary/aromatic N) is 2. The molecule has 2 rings (SSSR count). The Kier molecular flexibility index (Phi) is 4.68. The molecule has 0 aliphatic rings. The van der Waals surface area contributed by atoms with Crippen LogP contribution in [0.2, 0.25) is 0 Å². The Balaban J connectivity index is 2.21. The lowest BCUT2D eigenvalue weighted by molar-refractivity contribution is -0.385. The van der Waals surface area contributed by atoms with Gasteiger partial charge in [0.25, 0.3) is 5.69 Å². The number of hydrogen-bond donors (Lipinski definition) is 1. The Labute approximate surface area is 127 Å². The molecule has 9 heteroatoms. The number of ether oxygens (including phenoxy) is 1. The summed E-state index contributed by atoms with van der Waals surface area (Å²) in [5, 5.41) is 10.7. The predicted octanol–water partition coefficient (Wildman–Crippen LogP) is 1.48. The van der Waals surface area contributed by atoms with Gasteiger partial charge in [0.15, 0.2) is 0 Å². The SMILES string of the molecule is COc1ccccc1CNS(=O)(=O)c1cncc([N+](=O)[O-])c1. The van der Waals surface area contributed by atoms with Crippen molar-refractivity contribution in [2.45, 2.75) is 11.4 Å². The summed E-state index contributed by atoms with van der Waals surface area (Å²) in [6, 6.07) is 7.89. The van der Waals surface area contributed by atoms with E-state index in [-0.39, 0.29) is 17.1 Å². The molecule has 0 radical (unpaired) electrons. The second-order valence-electron chi connectivity index (χ2n) is 4.27. The van der Waals surface area contributed by atoms with Crippen LogP contribution in [-0.2, 0) is 16.6 Å². The molecule has 1 heterocycles. The zero-order valence-corrected chi connectivity index (χ0v) is 12.4. The van der Waals surface area contributed by atoms with Gasteiger partial charge >= 0.3 is 0 Å². The molecule has 0 aliphatic carbocycles. The van der Waals surface area contributed by atoms with Crippen LogP contribution in [0.3, 0.4) is 0 Å². The van der Waals surface area contributed by atoms with Gasteiger partial charge in [0.2, 0.25) is 10.0 Å². The number of hydrogen-bond acceptors (Lipinski definition) is 6. The predicted molar refractivity (Wildman–Crippen MR) is 77.9 cm³/mol. The van der Waals surface area contributed by atoms with Crippen molar-refractivity contribution in [1.29, 1.82) is 0 Å². The fourth-order valence-corrected chi connectivity index (χ4v) is 2.75. The number of nitrogens with one attached hydrogen (secondary N) is 1. The van der Waals surface area contributed by atoms with Crippen molar-refractivity contribution in [2.75, 3.05) is 7.11 Å². The fourth-order valence-electron chi connectivity index (χ4n) is 1.76. The summed E-state index contributed by atoms with van der Waals surface area (Å²) in [7, 11) is -2.43. The maximum absolute atomic E-state index is 12.2. The van der Waals surface area contributed by atoms with Crippen molar-refractivity contribution < 1.29 is 18.1 Å². The summed E-state index contributed by atoms with van der Waals surface area (Å²) in [6.45, 7) is -0.00492. The van der Waals surface area contributed by atoms with Crippen molar-refractivity contribution in [1.82, 2.24) is 9.71 Å². The molecule has 0 saturated carbocycles. The largest absolute Gasteiger partial charge is 0.496 e. The number of pyridine rings is 1.